The summed E-state index contributed by atoms with van der Waals surface area (Å²) in [5.74, 6) is -0.357. The molecule has 0 aliphatic heterocycles. The first-order valence-electron chi connectivity index (χ1n) is 5.87. The standard InChI is InChI=1S/C13H16N4O2/c1-9-11(13(18)19)12(17(3)15-9)16(2)8-10-4-6-14-7-5-10/h4-7H,8H2,1-3H3,(H,18,19). The number of aryl methyl sites for hydroxylation is 2. The Balaban J connectivity index is 2.34. The van der Waals surface area contributed by atoms with E-state index in [1.54, 1.807) is 31.0 Å². The number of carboxylic acids is 1. The van der Waals surface area contributed by atoms with Gasteiger partial charge in [-0.1, -0.05) is 0 Å². The molecule has 0 fully saturated rings. The Morgan fingerprint density at radius 1 is 1.42 bits per heavy atom. The zero-order valence-corrected chi connectivity index (χ0v) is 11.2. The molecule has 0 bridgehead atoms. The molecule has 0 amide bonds. The molecule has 19 heavy (non-hydrogen) atoms. The molecule has 0 aliphatic rings. The van der Waals surface area contributed by atoms with Crippen molar-refractivity contribution in [1.29, 1.82) is 0 Å². The van der Waals surface area contributed by atoms with Crippen molar-refractivity contribution in [3.63, 3.8) is 0 Å². The first kappa shape index (κ1) is 13.1. The van der Waals surface area contributed by atoms with Crippen molar-refractivity contribution in [3.8, 4) is 0 Å². The van der Waals surface area contributed by atoms with Crippen LogP contribution in [0.5, 0.6) is 0 Å². The Labute approximate surface area is 111 Å². The Bertz CT molecular complexity index is 592. The van der Waals surface area contributed by atoms with Crippen LogP contribution in [-0.4, -0.2) is 32.9 Å². The predicted molar refractivity (Wildman–Crippen MR) is 71.2 cm³/mol. The molecular formula is C13H16N4O2. The van der Waals surface area contributed by atoms with Crippen LogP contribution in [0, 0.1) is 6.92 Å². The summed E-state index contributed by atoms with van der Waals surface area (Å²) < 4.78 is 1.60. The van der Waals surface area contributed by atoms with E-state index in [0.29, 0.717) is 18.1 Å². The van der Waals surface area contributed by atoms with Crippen molar-refractivity contribution >= 4 is 11.8 Å². The minimum Gasteiger partial charge on any atom is -0.477 e. The van der Waals surface area contributed by atoms with Gasteiger partial charge in [0.05, 0.1) is 5.69 Å². The van der Waals surface area contributed by atoms with Crippen LogP contribution in [-0.2, 0) is 13.6 Å². The maximum absolute atomic E-state index is 11.3. The predicted octanol–water partition coefficient (Wildman–Crippen LogP) is 1.46. The van der Waals surface area contributed by atoms with Gasteiger partial charge in [-0.3, -0.25) is 9.67 Å². The topological polar surface area (TPSA) is 71.2 Å². The van der Waals surface area contributed by atoms with Gasteiger partial charge in [-0.05, 0) is 24.6 Å². The summed E-state index contributed by atoms with van der Waals surface area (Å²) in [6.07, 6.45) is 3.44. The highest BCUT2D eigenvalue weighted by atomic mass is 16.4. The summed E-state index contributed by atoms with van der Waals surface area (Å²) in [6, 6.07) is 3.81. The third-order valence-electron chi connectivity index (χ3n) is 2.94. The smallest absolute Gasteiger partial charge is 0.341 e. The summed E-state index contributed by atoms with van der Waals surface area (Å²) >= 11 is 0. The molecule has 6 nitrogen and oxygen atoms in total. The highest BCUT2D eigenvalue weighted by Crippen LogP contribution is 2.23. The van der Waals surface area contributed by atoms with E-state index in [0.717, 1.165) is 5.56 Å². The van der Waals surface area contributed by atoms with E-state index in [4.69, 9.17) is 0 Å². The normalized spacial score (nSPS) is 10.5. The number of pyridine rings is 1. The Morgan fingerprint density at radius 2 is 2.05 bits per heavy atom. The molecular weight excluding hydrogens is 244 g/mol. The Kier molecular flexibility index (Phi) is 3.50. The van der Waals surface area contributed by atoms with Crippen LogP contribution in [0.4, 0.5) is 5.82 Å². The van der Waals surface area contributed by atoms with Crippen LogP contribution in [0.3, 0.4) is 0 Å². The molecule has 2 rings (SSSR count). The summed E-state index contributed by atoms with van der Waals surface area (Å²) in [7, 11) is 3.60. The summed E-state index contributed by atoms with van der Waals surface area (Å²) in [5, 5.41) is 13.5. The second-order valence-electron chi connectivity index (χ2n) is 4.42. The molecule has 0 aliphatic carbocycles. The number of carboxylic acid groups (broad SMARTS) is 1. The van der Waals surface area contributed by atoms with Gasteiger partial charge in [0.2, 0.25) is 0 Å². The van der Waals surface area contributed by atoms with Crippen LogP contribution < -0.4 is 4.90 Å². The van der Waals surface area contributed by atoms with Crippen molar-refractivity contribution < 1.29 is 9.90 Å². The third-order valence-corrected chi connectivity index (χ3v) is 2.94. The number of hydrogen-bond donors (Lipinski definition) is 1. The lowest BCUT2D eigenvalue weighted by molar-refractivity contribution is 0.0696. The molecule has 0 spiro atoms. The highest BCUT2D eigenvalue weighted by Gasteiger charge is 2.22. The Morgan fingerprint density at radius 3 is 2.63 bits per heavy atom. The number of anilines is 1. The zero-order chi connectivity index (χ0) is 14.0. The molecule has 0 saturated carbocycles. The maximum Gasteiger partial charge on any atom is 0.341 e. The van der Waals surface area contributed by atoms with E-state index in [1.165, 1.54) is 0 Å². The molecule has 0 radical (unpaired) electrons. The van der Waals surface area contributed by atoms with E-state index in [-0.39, 0.29) is 5.56 Å². The highest BCUT2D eigenvalue weighted by molar-refractivity contribution is 5.94. The number of rotatable bonds is 4. The lowest BCUT2D eigenvalue weighted by atomic mass is 10.2. The summed E-state index contributed by atoms with van der Waals surface area (Å²) in [5.41, 5.74) is 1.83. The zero-order valence-electron chi connectivity index (χ0n) is 11.2. The molecule has 0 saturated heterocycles. The van der Waals surface area contributed by atoms with Gasteiger partial charge in [-0.25, -0.2) is 4.79 Å². The van der Waals surface area contributed by atoms with Crippen molar-refractivity contribution in [2.45, 2.75) is 13.5 Å². The van der Waals surface area contributed by atoms with Crippen molar-refractivity contribution in [2.75, 3.05) is 11.9 Å². The van der Waals surface area contributed by atoms with Gasteiger partial charge in [0.1, 0.15) is 11.4 Å². The van der Waals surface area contributed by atoms with Gasteiger partial charge in [-0.2, -0.15) is 5.10 Å². The van der Waals surface area contributed by atoms with Crippen LogP contribution in [0.1, 0.15) is 21.6 Å². The molecule has 100 valence electrons. The second kappa shape index (κ2) is 5.09. The van der Waals surface area contributed by atoms with E-state index >= 15 is 0 Å². The molecule has 0 unspecified atom stereocenters. The first-order valence-corrected chi connectivity index (χ1v) is 5.87. The van der Waals surface area contributed by atoms with E-state index in [1.807, 2.05) is 24.1 Å². The first-order chi connectivity index (χ1) is 9.00. The van der Waals surface area contributed by atoms with Gasteiger partial charge in [0.15, 0.2) is 0 Å². The van der Waals surface area contributed by atoms with Crippen LogP contribution >= 0.6 is 0 Å². The van der Waals surface area contributed by atoms with E-state index in [9.17, 15) is 9.90 Å². The molecule has 2 heterocycles. The average Bonchev–Trinajstić information content (AvgIpc) is 2.65. The average molecular weight is 260 g/mol. The molecule has 0 atom stereocenters. The van der Waals surface area contributed by atoms with Crippen LogP contribution in [0.15, 0.2) is 24.5 Å². The van der Waals surface area contributed by atoms with E-state index in [2.05, 4.69) is 10.1 Å². The minimum absolute atomic E-state index is 0.249. The minimum atomic E-state index is -0.956. The molecule has 6 heteroatoms. The quantitative estimate of drug-likeness (QED) is 0.901. The third kappa shape index (κ3) is 2.57. The van der Waals surface area contributed by atoms with Crippen LogP contribution in [0.25, 0.3) is 0 Å². The van der Waals surface area contributed by atoms with Gasteiger partial charge in [-0.15, -0.1) is 0 Å². The number of aromatic carboxylic acids is 1. The Hall–Kier alpha value is -2.37. The lowest BCUT2D eigenvalue weighted by Crippen LogP contribution is -2.21. The molecule has 0 aromatic carbocycles. The van der Waals surface area contributed by atoms with Crippen molar-refractivity contribution in [3.05, 3.63) is 41.3 Å². The second-order valence-corrected chi connectivity index (χ2v) is 4.42. The summed E-state index contributed by atoms with van der Waals surface area (Å²) in [6.45, 7) is 2.30. The number of nitrogens with zero attached hydrogens (tertiary/aromatic N) is 4. The number of aromatic nitrogens is 3. The fourth-order valence-electron chi connectivity index (χ4n) is 2.17. The lowest BCUT2D eigenvalue weighted by Gasteiger charge is -2.20. The van der Waals surface area contributed by atoms with Gasteiger partial charge in [0.25, 0.3) is 0 Å². The fraction of sp³-hybridized carbons (Fsp3) is 0.308. The van der Waals surface area contributed by atoms with Crippen LogP contribution in [0.2, 0.25) is 0 Å². The maximum atomic E-state index is 11.3. The largest absolute Gasteiger partial charge is 0.477 e. The van der Waals surface area contributed by atoms with Gasteiger partial charge < -0.3 is 10.0 Å². The molecule has 2 aromatic rings. The number of hydrogen-bond acceptors (Lipinski definition) is 4. The van der Waals surface area contributed by atoms with Crippen molar-refractivity contribution in [2.24, 2.45) is 7.05 Å². The molecule has 1 N–H and O–H groups in total. The number of carbonyl (C=O) groups is 1. The fourth-order valence-corrected chi connectivity index (χ4v) is 2.17. The molecule has 2 aromatic heterocycles. The van der Waals surface area contributed by atoms with Crippen molar-refractivity contribution in [1.82, 2.24) is 14.8 Å². The van der Waals surface area contributed by atoms with E-state index < -0.39 is 5.97 Å². The summed E-state index contributed by atoms with van der Waals surface area (Å²) in [4.78, 5) is 17.2. The van der Waals surface area contributed by atoms with Gasteiger partial charge >= 0.3 is 5.97 Å². The SMILES string of the molecule is Cc1nn(C)c(N(C)Cc2ccncc2)c1C(=O)O. The monoisotopic (exact) mass is 260 g/mol. The van der Waals surface area contributed by atoms with Gasteiger partial charge in [0, 0.05) is 33.0 Å².